The Kier molecular flexibility index (Phi) is 6.56. The van der Waals surface area contributed by atoms with Crippen LogP contribution in [0.5, 0.6) is 0 Å². The molecule has 0 bridgehead atoms. The van der Waals surface area contributed by atoms with Crippen molar-refractivity contribution in [3.8, 4) is 0 Å². The Bertz CT molecular complexity index is 705. The van der Waals surface area contributed by atoms with Gasteiger partial charge in [-0.1, -0.05) is 6.07 Å². The second-order valence-electron chi connectivity index (χ2n) is 7.15. The van der Waals surface area contributed by atoms with Crippen molar-refractivity contribution in [2.75, 3.05) is 32.8 Å². The Morgan fingerprint density at radius 3 is 2.64 bits per heavy atom. The number of nitrogens with one attached hydrogen (secondary N) is 2. The Labute approximate surface area is 161 Å². The van der Waals surface area contributed by atoms with E-state index in [0.29, 0.717) is 6.04 Å². The van der Waals surface area contributed by atoms with Gasteiger partial charge in [0.2, 0.25) is 5.91 Å². The molecule has 6 nitrogen and oxygen atoms in total. The van der Waals surface area contributed by atoms with E-state index in [2.05, 4.69) is 15.5 Å². The Balaban J connectivity index is 1.44. The number of rotatable bonds is 5. The number of benzene rings is 1. The summed E-state index contributed by atoms with van der Waals surface area (Å²) in [5.74, 6) is -1.06. The highest BCUT2D eigenvalue weighted by Crippen LogP contribution is 2.29. The fourth-order valence-electron chi connectivity index (χ4n) is 3.67. The van der Waals surface area contributed by atoms with Crippen molar-refractivity contribution in [2.45, 2.75) is 37.5 Å². The maximum atomic E-state index is 12.7. The van der Waals surface area contributed by atoms with Crippen molar-refractivity contribution >= 4 is 11.8 Å². The quantitative estimate of drug-likeness (QED) is 0.792. The zero-order valence-corrected chi connectivity index (χ0v) is 15.4. The lowest BCUT2D eigenvalue weighted by molar-refractivity contribution is -0.137. The van der Waals surface area contributed by atoms with Crippen LogP contribution in [-0.2, 0) is 15.7 Å². The normalized spacial score (nSPS) is 21.5. The first-order valence-corrected chi connectivity index (χ1v) is 9.39. The van der Waals surface area contributed by atoms with E-state index in [0.717, 1.165) is 57.7 Å². The number of nitrogens with zero attached hydrogens (tertiary/aromatic N) is 1. The van der Waals surface area contributed by atoms with Crippen LogP contribution in [0.4, 0.5) is 13.2 Å². The SMILES string of the molecule is O=C(CNC(=O)c1cccc(C(F)(F)F)c1)NC1CCN(C2CCOCC2)C1. The number of alkyl halides is 3. The molecule has 2 saturated heterocycles. The van der Waals surface area contributed by atoms with E-state index in [1.54, 1.807) is 0 Å². The standard InChI is InChI=1S/C19H24F3N3O3/c20-19(21,22)14-3-1-2-13(10-14)18(27)23-11-17(26)24-15-4-7-25(12-15)16-5-8-28-9-6-16/h1-3,10,15-16H,4-9,11-12H2,(H,23,27)(H,24,26). The van der Waals surface area contributed by atoms with Gasteiger partial charge in [-0.2, -0.15) is 13.2 Å². The summed E-state index contributed by atoms with van der Waals surface area (Å²) in [5.41, 5.74) is -1.03. The van der Waals surface area contributed by atoms with Crippen LogP contribution in [0.15, 0.2) is 24.3 Å². The largest absolute Gasteiger partial charge is 0.416 e. The Morgan fingerprint density at radius 2 is 1.93 bits per heavy atom. The molecule has 2 amide bonds. The fourth-order valence-corrected chi connectivity index (χ4v) is 3.67. The number of carbonyl (C=O) groups is 2. The minimum Gasteiger partial charge on any atom is -0.381 e. The maximum absolute atomic E-state index is 12.7. The van der Waals surface area contributed by atoms with Gasteiger partial charge in [0.05, 0.1) is 12.1 Å². The summed E-state index contributed by atoms with van der Waals surface area (Å²) in [6.07, 6.45) is -1.70. The predicted octanol–water partition coefficient (Wildman–Crippen LogP) is 1.80. The van der Waals surface area contributed by atoms with E-state index < -0.39 is 17.6 Å². The molecule has 2 heterocycles. The lowest BCUT2D eigenvalue weighted by Crippen LogP contribution is -2.44. The number of carbonyl (C=O) groups excluding carboxylic acids is 2. The third-order valence-electron chi connectivity index (χ3n) is 5.15. The number of amides is 2. The van der Waals surface area contributed by atoms with Crippen LogP contribution in [0, 0.1) is 0 Å². The zero-order valence-electron chi connectivity index (χ0n) is 15.4. The maximum Gasteiger partial charge on any atom is 0.416 e. The molecule has 2 N–H and O–H groups in total. The summed E-state index contributed by atoms with van der Waals surface area (Å²) in [6, 6.07) is 4.62. The summed E-state index contributed by atoms with van der Waals surface area (Å²) in [4.78, 5) is 26.5. The Morgan fingerprint density at radius 1 is 1.18 bits per heavy atom. The molecular formula is C19H24F3N3O3. The van der Waals surface area contributed by atoms with Crippen LogP contribution in [-0.4, -0.2) is 61.6 Å². The van der Waals surface area contributed by atoms with Crippen LogP contribution in [0.2, 0.25) is 0 Å². The summed E-state index contributed by atoms with van der Waals surface area (Å²) in [5, 5.41) is 5.26. The first-order chi connectivity index (χ1) is 13.3. The van der Waals surface area contributed by atoms with Crippen LogP contribution in [0.25, 0.3) is 0 Å². The van der Waals surface area contributed by atoms with Gasteiger partial charge in [-0.3, -0.25) is 14.5 Å². The molecule has 2 fully saturated rings. The molecule has 0 saturated carbocycles. The van der Waals surface area contributed by atoms with Gasteiger partial charge in [-0.15, -0.1) is 0 Å². The van der Waals surface area contributed by atoms with Gasteiger partial charge in [-0.05, 0) is 37.5 Å². The van der Waals surface area contributed by atoms with Gasteiger partial charge in [-0.25, -0.2) is 0 Å². The van der Waals surface area contributed by atoms with E-state index in [1.807, 2.05) is 0 Å². The van der Waals surface area contributed by atoms with E-state index in [-0.39, 0.29) is 24.1 Å². The Hall–Kier alpha value is -2.13. The van der Waals surface area contributed by atoms with Crippen molar-refractivity contribution in [3.05, 3.63) is 35.4 Å². The van der Waals surface area contributed by atoms with E-state index in [4.69, 9.17) is 4.74 Å². The predicted molar refractivity (Wildman–Crippen MR) is 95.7 cm³/mol. The van der Waals surface area contributed by atoms with Gasteiger partial charge >= 0.3 is 6.18 Å². The van der Waals surface area contributed by atoms with Crippen LogP contribution >= 0.6 is 0 Å². The summed E-state index contributed by atoms with van der Waals surface area (Å²) in [6.45, 7) is 2.92. The van der Waals surface area contributed by atoms with Crippen LogP contribution < -0.4 is 10.6 Å². The molecule has 3 rings (SSSR count). The molecule has 1 aromatic rings. The highest BCUT2D eigenvalue weighted by molar-refractivity contribution is 5.96. The molecule has 0 spiro atoms. The molecule has 0 aliphatic carbocycles. The molecular weight excluding hydrogens is 375 g/mol. The lowest BCUT2D eigenvalue weighted by atomic mass is 10.1. The summed E-state index contributed by atoms with van der Waals surface area (Å²) < 4.78 is 43.6. The molecule has 154 valence electrons. The molecule has 9 heteroatoms. The second kappa shape index (κ2) is 8.91. The van der Waals surface area contributed by atoms with Crippen molar-refractivity contribution in [1.82, 2.24) is 15.5 Å². The average Bonchev–Trinajstić information content (AvgIpc) is 3.14. The number of hydrogen-bond donors (Lipinski definition) is 2. The minimum absolute atomic E-state index is 0.0146. The molecule has 28 heavy (non-hydrogen) atoms. The van der Waals surface area contributed by atoms with Gasteiger partial charge in [0.15, 0.2) is 0 Å². The summed E-state index contributed by atoms with van der Waals surface area (Å²) >= 11 is 0. The summed E-state index contributed by atoms with van der Waals surface area (Å²) in [7, 11) is 0. The van der Waals surface area contributed by atoms with Crippen LogP contribution in [0.3, 0.4) is 0 Å². The van der Waals surface area contributed by atoms with Crippen molar-refractivity contribution in [2.24, 2.45) is 0 Å². The highest BCUT2D eigenvalue weighted by atomic mass is 19.4. The van der Waals surface area contributed by atoms with Crippen molar-refractivity contribution in [3.63, 3.8) is 0 Å². The smallest absolute Gasteiger partial charge is 0.381 e. The topological polar surface area (TPSA) is 70.7 Å². The number of ether oxygens (including phenoxy) is 1. The van der Waals surface area contributed by atoms with Crippen molar-refractivity contribution in [1.29, 1.82) is 0 Å². The van der Waals surface area contributed by atoms with E-state index >= 15 is 0 Å². The van der Waals surface area contributed by atoms with Gasteiger partial charge in [0.1, 0.15) is 0 Å². The van der Waals surface area contributed by atoms with E-state index in [9.17, 15) is 22.8 Å². The average molecular weight is 399 g/mol. The third kappa shape index (κ3) is 5.45. The molecule has 1 aromatic carbocycles. The number of halogens is 3. The van der Waals surface area contributed by atoms with Gasteiger partial charge in [0.25, 0.3) is 5.91 Å². The lowest BCUT2D eigenvalue weighted by Gasteiger charge is -2.31. The first-order valence-electron chi connectivity index (χ1n) is 9.39. The second-order valence-corrected chi connectivity index (χ2v) is 7.15. The van der Waals surface area contributed by atoms with Gasteiger partial charge in [0, 0.05) is 44.0 Å². The molecule has 0 radical (unpaired) electrons. The monoisotopic (exact) mass is 399 g/mol. The minimum atomic E-state index is -4.52. The molecule has 1 unspecified atom stereocenters. The third-order valence-corrected chi connectivity index (χ3v) is 5.15. The van der Waals surface area contributed by atoms with Crippen molar-refractivity contribution < 1.29 is 27.5 Å². The molecule has 2 aliphatic heterocycles. The number of likely N-dealkylation sites (tertiary alicyclic amines) is 1. The van der Waals surface area contributed by atoms with Gasteiger partial charge < -0.3 is 15.4 Å². The number of hydrogen-bond acceptors (Lipinski definition) is 4. The first kappa shape index (κ1) is 20.6. The molecule has 0 aromatic heterocycles. The highest BCUT2D eigenvalue weighted by Gasteiger charge is 2.31. The zero-order chi connectivity index (χ0) is 20.1. The molecule has 1 atom stereocenters. The molecule has 2 aliphatic rings. The van der Waals surface area contributed by atoms with Crippen LogP contribution in [0.1, 0.15) is 35.2 Å². The van der Waals surface area contributed by atoms with E-state index in [1.165, 1.54) is 12.1 Å². The fraction of sp³-hybridized carbons (Fsp3) is 0.579.